The molecule has 0 aliphatic heterocycles. The average Bonchev–Trinajstić information content (AvgIpc) is 3.29. The zero-order valence-corrected chi connectivity index (χ0v) is 20.4. The molecule has 0 saturated heterocycles. The molecule has 176 valence electrons. The molecule has 0 radical (unpaired) electrons. The van der Waals surface area contributed by atoms with E-state index in [0.29, 0.717) is 11.7 Å². The first-order valence-corrected chi connectivity index (χ1v) is 12.0. The Labute approximate surface area is 205 Å². The van der Waals surface area contributed by atoms with Crippen molar-refractivity contribution < 1.29 is 13.7 Å². The third-order valence-electron chi connectivity index (χ3n) is 6.32. The third-order valence-corrected chi connectivity index (χ3v) is 6.32. The van der Waals surface area contributed by atoms with E-state index in [1.807, 2.05) is 24.3 Å². The number of ether oxygens (including phenoxy) is 1. The minimum atomic E-state index is -0.283. The lowest BCUT2D eigenvalue weighted by atomic mass is 9.92. The molecule has 1 aromatic heterocycles. The topological polar surface area (TPSA) is 35.3 Å². The van der Waals surface area contributed by atoms with Crippen molar-refractivity contribution in [1.29, 1.82) is 0 Å². The number of benzene rings is 4. The molecule has 3 nitrogen and oxygen atoms in total. The standard InChI is InChI=1S/C31H28FNO2/c1-19(2)21-9-15-29-28(17-21)31(35-33-29)26-8-6-5-7-25(26)22-10-16-30(27(18-22)20(3)4)34-24-13-11-23(32)12-14-24/h5-20H,1-4H3. The van der Waals surface area contributed by atoms with Crippen LogP contribution in [0.2, 0.25) is 0 Å². The van der Waals surface area contributed by atoms with E-state index < -0.39 is 0 Å². The SMILES string of the molecule is CC(C)c1ccc2noc(-c3ccccc3-c3ccc(Oc4ccc(F)cc4)c(C(C)C)c3)c2c1. The van der Waals surface area contributed by atoms with Crippen molar-refractivity contribution in [3.8, 4) is 33.9 Å². The van der Waals surface area contributed by atoms with Gasteiger partial charge in [-0.25, -0.2) is 4.39 Å². The fraction of sp³-hybridized carbons (Fsp3) is 0.194. The molecule has 0 amide bonds. The lowest BCUT2D eigenvalue weighted by Crippen LogP contribution is -1.96. The Kier molecular flexibility index (Phi) is 6.12. The second-order valence-electron chi connectivity index (χ2n) is 9.45. The fourth-order valence-corrected chi connectivity index (χ4v) is 4.34. The van der Waals surface area contributed by atoms with Crippen LogP contribution in [0.1, 0.15) is 50.7 Å². The summed E-state index contributed by atoms with van der Waals surface area (Å²) >= 11 is 0. The summed E-state index contributed by atoms with van der Waals surface area (Å²) in [6.45, 7) is 8.65. The van der Waals surface area contributed by atoms with Gasteiger partial charge >= 0.3 is 0 Å². The van der Waals surface area contributed by atoms with Crippen LogP contribution in [0.4, 0.5) is 4.39 Å². The fourth-order valence-electron chi connectivity index (χ4n) is 4.34. The minimum Gasteiger partial charge on any atom is -0.457 e. The molecule has 0 saturated carbocycles. The van der Waals surface area contributed by atoms with Gasteiger partial charge in [0.05, 0.1) is 5.39 Å². The number of fused-ring (bicyclic) bond motifs is 1. The Bertz CT molecular complexity index is 1480. The molecular formula is C31H28FNO2. The summed E-state index contributed by atoms with van der Waals surface area (Å²) in [6, 6.07) is 26.9. The van der Waals surface area contributed by atoms with Gasteiger partial charge in [0.15, 0.2) is 5.76 Å². The molecule has 0 N–H and O–H groups in total. The van der Waals surface area contributed by atoms with Gasteiger partial charge in [-0.15, -0.1) is 0 Å². The summed E-state index contributed by atoms with van der Waals surface area (Å²) < 4.78 is 25.3. The van der Waals surface area contributed by atoms with Gasteiger partial charge in [0.25, 0.3) is 0 Å². The van der Waals surface area contributed by atoms with Gasteiger partial charge in [-0.05, 0) is 82.6 Å². The van der Waals surface area contributed by atoms with E-state index in [1.54, 1.807) is 12.1 Å². The van der Waals surface area contributed by atoms with E-state index in [2.05, 4.69) is 69.2 Å². The molecule has 0 aliphatic rings. The van der Waals surface area contributed by atoms with Crippen molar-refractivity contribution in [3.63, 3.8) is 0 Å². The van der Waals surface area contributed by atoms with Gasteiger partial charge in [-0.1, -0.05) is 69.2 Å². The predicted octanol–water partition coefficient (Wildman–Crippen LogP) is 9.34. The van der Waals surface area contributed by atoms with E-state index in [4.69, 9.17) is 9.26 Å². The number of aromatic nitrogens is 1. The van der Waals surface area contributed by atoms with Gasteiger partial charge in [0.2, 0.25) is 0 Å². The predicted molar refractivity (Wildman–Crippen MR) is 140 cm³/mol. The Balaban J connectivity index is 1.59. The first-order valence-electron chi connectivity index (χ1n) is 12.0. The Hall–Kier alpha value is -3.92. The van der Waals surface area contributed by atoms with Crippen LogP contribution >= 0.6 is 0 Å². The summed E-state index contributed by atoms with van der Waals surface area (Å²) in [7, 11) is 0. The summed E-state index contributed by atoms with van der Waals surface area (Å²) in [5.74, 6) is 2.51. The van der Waals surface area contributed by atoms with Crippen LogP contribution in [-0.4, -0.2) is 5.16 Å². The van der Waals surface area contributed by atoms with Crippen LogP contribution in [0, 0.1) is 5.82 Å². The molecule has 0 fully saturated rings. The van der Waals surface area contributed by atoms with Crippen LogP contribution in [0.3, 0.4) is 0 Å². The van der Waals surface area contributed by atoms with Crippen molar-refractivity contribution in [2.45, 2.75) is 39.5 Å². The molecule has 5 rings (SSSR count). The monoisotopic (exact) mass is 465 g/mol. The zero-order valence-electron chi connectivity index (χ0n) is 20.4. The maximum absolute atomic E-state index is 13.3. The molecule has 1 heterocycles. The highest BCUT2D eigenvalue weighted by atomic mass is 19.1. The molecule has 0 spiro atoms. The molecule has 35 heavy (non-hydrogen) atoms. The number of nitrogens with zero attached hydrogens (tertiary/aromatic N) is 1. The smallest absolute Gasteiger partial charge is 0.175 e. The lowest BCUT2D eigenvalue weighted by Gasteiger charge is -2.17. The highest BCUT2D eigenvalue weighted by Crippen LogP contribution is 2.40. The number of halogens is 1. The Morgan fingerprint density at radius 2 is 1.51 bits per heavy atom. The molecule has 0 aliphatic carbocycles. The van der Waals surface area contributed by atoms with Crippen LogP contribution in [0.25, 0.3) is 33.4 Å². The van der Waals surface area contributed by atoms with E-state index in [0.717, 1.165) is 44.7 Å². The van der Waals surface area contributed by atoms with Crippen molar-refractivity contribution in [2.75, 3.05) is 0 Å². The molecule has 4 heteroatoms. The Morgan fingerprint density at radius 1 is 0.771 bits per heavy atom. The summed E-state index contributed by atoms with van der Waals surface area (Å²) in [6.07, 6.45) is 0. The van der Waals surface area contributed by atoms with E-state index in [9.17, 15) is 4.39 Å². The summed E-state index contributed by atoms with van der Waals surface area (Å²) in [5, 5.41) is 5.34. The average molecular weight is 466 g/mol. The minimum absolute atomic E-state index is 0.234. The largest absolute Gasteiger partial charge is 0.457 e. The van der Waals surface area contributed by atoms with Crippen LogP contribution in [-0.2, 0) is 0 Å². The molecule has 4 aromatic carbocycles. The van der Waals surface area contributed by atoms with Gasteiger partial charge in [-0.2, -0.15) is 0 Å². The first kappa shape index (κ1) is 22.9. The number of hydrogen-bond donors (Lipinski definition) is 0. The van der Waals surface area contributed by atoms with Crippen molar-refractivity contribution in [3.05, 3.63) is 102 Å². The van der Waals surface area contributed by atoms with Gasteiger partial charge in [0.1, 0.15) is 22.8 Å². The van der Waals surface area contributed by atoms with Gasteiger partial charge in [0, 0.05) is 5.56 Å². The second-order valence-corrected chi connectivity index (χ2v) is 9.45. The van der Waals surface area contributed by atoms with Crippen molar-refractivity contribution in [2.24, 2.45) is 0 Å². The second kappa shape index (κ2) is 9.38. The lowest BCUT2D eigenvalue weighted by molar-refractivity contribution is 0.441. The van der Waals surface area contributed by atoms with Gasteiger partial charge < -0.3 is 9.26 Å². The Morgan fingerprint density at radius 3 is 2.23 bits per heavy atom. The normalized spacial score (nSPS) is 11.5. The molecule has 0 atom stereocenters. The van der Waals surface area contributed by atoms with Crippen LogP contribution in [0.15, 0.2) is 89.5 Å². The van der Waals surface area contributed by atoms with Crippen LogP contribution < -0.4 is 4.74 Å². The highest BCUT2D eigenvalue weighted by molar-refractivity contribution is 5.96. The van der Waals surface area contributed by atoms with E-state index in [1.165, 1.54) is 17.7 Å². The quantitative estimate of drug-likeness (QED) is 0.251. The number of hydrogen-bond acceptors (Lipinski definition) is 3. The molecule has 5 aromatic rings. The first-order chi connectivity index (χ1) is 16.9. The van der Waals surface area contributed by atoms with E-state index >= 15 is 0 Å². The summed E-state index contributed by atoms with van der Waals surface area (Å²) in [4.78, 5) is 0. The van der Waals surface area contributed by atoms with E-state index in [-0.39, 0.29) is 11.7 Å². The summed E-state index contributed by atoms with van der Waals surface area (Å²) in [5.41, 5.74) is 6.31. The van der Waals surface area contributed by atoms with Crippen molar-refractivity contribution >= 4 is 10.9 Å². The molecule has 0 bridgehead atoms. The maximum atomic E-state index is 13.3. The van der Waals surface area contributed by atoms with Crippen LogP contribution in [0.5, 0.6) is 11.5 Å². The maximum Gasteiger partial charge on any atom is 0.175 e. The van der Waals surface area contributed by atoms with Crippen molar-refractivity contribution in [1.82, 2.24) is 5.16 Å². The number of rotatable bonds is 6. The van der Waals surface area contributed by atoms with Gasteiger partial charge in [-0.3, -0.25) is 0 Å². The molecular weight excluding hydrogens is 437 g/mol. The molecule has 0 unspecified atom stereocenters. The zero-order chi connectivity index (χ0) is 24.5. The highest BCUT2D eigenvalue weighted by Gasteiger charge is 2.18. The third kappa shape index (κ3) is 4.57.